The molecule has 2 rings (SSSR count). The number of nitrogens with zero attached hydrogens (tertiary/aromatic N) is 2. The third-order valence-corrected chi connectivity index (χ3v) is 4.41. The summed E-state index contributed by atoms with van der Waals surface area (Å²) in [7, 11) is 0. The number of rotatable bonds is 3. The van der Waals surface area contributed by atoms with Crippen molar-refractivity contribution in [3.63, 3.8) is 0 Å². The average Bonchev–Trinajstić information content (AvgIpc) is 2.95. The Hall–Kier alpha value is -0.260. The van der Waals surface area contributed by atoms with Gasteiger partial charge in [0.1, 0.15) is 0 Å². The van der Waals surface area contributed by atoms with Gasteiger partial charge in [-0.15, -0.1) is 0 Å². The predicted octanol–water partition coefficient (Wildman–Crippen LogP) is 1.10. The van der Waals surface area contributed by atoms with Crippen molar-refractivity contribution in [2.75, 3.05) is 25.9 Å². The summed E-state index contributed by atoms with van der Waals surface area (Å²) in [5, 5.41) is 9.75. The van der Waals surface area contributed by atoms with Crippen molar-refractivity contribution < 1.29 is 9.90 Å². The SMILES string of the molecule is CSN1CCN(C(=O)CC(C)(C)O)C2(CC2)C1. The number of amides is 1. The Morgan fingerprint density at radius 1 is 1.41 bits per heavy atom. The lowest BCUT2D eigenvalue weighted by Crippen LogP contribution is -2.56. The maximum absolute atomic E-state index is 12.2. The molecule has 0 aromatic heterocycles. The van der Waals surface area contributed by atoms with E-state index < -0.39 is 5.60 Å². The van der Waals surface area contributed by atoms with Crippen LogP contribution in [0.5, 0.6) is 0 Å². The van der Waals surface area contributed by atoms with E-state index in [1.807, 2.05) is 4.90 Å². The van der Waals surface area contributed by atoms with Crippen LogP contribution in [0.25, 0.3) is 0 Å². The summed E-state index contributed by atoms with van der Waals surface area (Å²) < 4.78 is 2.33. The lowest BCUT2D eigenvalue weighted by Gasteiger charge is -2.42. The zero-order valence-electron chi connectivity index (χ0n) is 10.9. The maximum atomic E-state index is 12.2. The van der Waals surface area contributed by atoms with Gasteiger partial charge in [0.05, 0.1) is 17.6 Å². The topological polar surface area (TPSA) is 43.8 Å². The van der Waals surface area contributed by atoms with Crippen molar-refractivity contribution in [1.82, 2.24) is 9.21 Å². The van der Waals surface area contributed by atoms with E-state index in [-0.39, 0.29) is 17.9 Å². The van der Waals surface area contributed by atoms with E-state index in [2.05, 4.69) is 10.6 Å². The first-order valence-electron chi connectivity index (χ1n) is 6.18. The van der Waals surface area contributed by atoms with Crippen LogP contribution in [0, 0.1) is 0 Å². The molecule has 1 saturated heterocycles. The second-order valence-electron chi connectivity index (χ2n) is 5.81. The van der Waals surface area contributed by atoms with Gasteiger partial charge in [0.25, 0.3) is 0 Å². The van der Waals surface area contributed by atoms with Crippen LogP contribution in [0.1, 0.15) is 33.1 Å². The fourth-order valence-electron chi connectivity index (χ4n) is 2.52. The highest BCUT2D eigenvalue weighted by molar-refractivity contribution is 7.96. The number of hydrogen-bond acceptors (Lipinski definition) is 4. The Morgan fingerprint density at radius 2 is 2.06 bits per heavy atom. The summed E-state index contributed by atoms with van der Waals surface area (Å²) in [6.07, 6.45) is 4.54. The van der Waals surface area contributed by atoms with Gasteiger partial charge in [-0.2, -0.15) is 0 Å². The van der Waals surface area contributed by atoms with Crippen LogP contribution in [0.4, 0.5) is 0 Å². The van der Waals surface area contributed by atoms with E-state index in [9.17, 15) is 9.90 Å². The molecule has 0 radical (unpaired) electrons. The van der Waals surface area contributed by atoms with Crippen molar-refractivity contribution >= 4 is 17.9 Å². The minimum atomic E-state index is -0.899. The molecule has 0 aromatic carbocycles. The smallest absolute Gasteiger partial charge is 0.225 e. The van der Waals surface area contributed by atoms with Crippen LogP contribution >= 0.6 is 11.9 Å². The van der Waals surface area contributed by atoms with Crippen molar-refractivity contribution in [3.05, 3.63) is 0 Å². The van der Waals surface area contributed by atoms with E-state index in [0.717, 1.165) is 32.5 Å². The van der Waals surface area contributed by atoms with Gasteiger partial charge in [-0.05, 0) is 32.9 Å². The van der Waals surface area contributed by atoms with Crippen LogP contribution in [0.3, 0.4) is 0 Å². The van der Waals surface area contributed by atoms with Crippen molar-refractivity contribution in [1.29, 1.82) is 0 Å². The summed E-state index contributed by atoms with van der Waals surface area (Å²) >= 11 is 1.76. The first-order valence-corrected chi connectivity index (χ1v) is 7.36. The van der Waals surface area contributed by atoms with Gasteiger partial charge in [-0.3, -0.25) is 4.79 Å². The van der Waals surface area contributed by atoms with Crippen LogP contribution in [0.2, 0.25) is 0 Å². The lowest BCUT2D eigenvalue weighted by atomic mass is 10.0. The summed E-state index contributed by atoms with van der Waals surface area (Å²) in [5.41, 5.74) is -0.812. The molecular weight excluding hydrogens is 236 g/mol. The Kier molecular flexibility index (Phi) is 3.45. The first-order chi connectivity index (χ1) is 7.86. The van der Waals surface area contributed by atoms with Gasteiger partial charge in [0.2, 0.25) is 5.91 Å². The molecule has 1 heterocycles. The molecule has 17 heavy (non-hydrogen) atoms. The van der Waals surface area contributed by atoms with Gasteiger partial charge >= 0.3 is 0 Å². The highest BCUT2D eigenvalue weighted by Crippen LogP contribution is 2.45. The van der Waals surface area contributed by atoms with E-state index >= 15 is 0 Å². The summed E-state index contributed by atoms with van der Waals surface area (Å²) in [6.45, 7) is 6.10. The van der Waals surface area contributed by atoms with E-state index in [0.29, 0.717) is 0 Å². The van der Waals surface area contributed by atoms with Crippen molar-refractivity contribution in [3.8, 4) is 0 Å². The molecule has 0 unspecified atom stereocenters. The first kappa shape index (κ1) is 13.2. The largest absolute Gasteiger partial charge is 0.390 e. The molecule has 1 amide bonds. The minimum absolute atomic E-state index is 0.0869. The van der Waals surface area contributed by atoms with Gasteiger partial charge in [0.15, 0.2) is 0 Å². The third kappa shape index (κ3) is 2.95. The Labute approximate surface area is 107 Å². The van der Waals surface area contributed by atoms with Crippen LogP contribution in [-0.2, 0) is 4.79 Å². The van der Waals surface area contributed by atoms with E-state index in [4.69, 9.17) is 0 Å². The predicted molar refractivity (Wildman–Crippen MR) is 69.7 cm³/mol. The number of carbonyl (C=O) groups excluding carboxylic acids is 1. The van der Waals surface area contributed by atoms with Crippen LogP contribution < -0.4 is 0 Å². The molecule has 4 nitrogen and oxygen atoms in total. The zero-order chi connectivity index (χ0) is 12.7. The number of hydrogen-bond donors (Lipinski definition) is 1. The summed E-state index contributed by atoms with van der Waals surface area (Å²) in [4.78, 5) is 14.2. The highest BCUT2D eigenvalue weighted by atomic mass is 32.2. The van der Waals surface area contributed by atoms with E-state index in [1.165, 1.54) is 0 Å². The molecule has 2 fully saturated rings. The monoisotopic (exact) mass is 258 g/mol. The zero-order valence-corrected chi connectivity index (χ0v) is 11.7. The number of piperazine rings is 1. The van der Waals surface area contributed by atoms with Crippen molar-refractivity contribution in [2.45, 2.75) is 44.2 Å². The quantitative estimate of drug-likeness (QED) is 0.770. The molecule has 0 aromatic rings. The van der Waals surface area contributed by atoms with Gasteiger partial charge in [0, 0.05) is 19.6 Å². The molecule has 1 aliphatic carbocycles. The molecule has 0 bridgehead atoms. The lowest BCUT2D eigenvalue weighted by molar-refractivity contribution is -0.140. The molecule has 1 N–H and O–H groups in total. The van der Waals surface area contributed by atoms with Crippen LogP contribution in [-0.4, -0.2) is 57.2 Å². The Balaban J connectivity index is 2.00. The van der Waals surface area contributed by atoms with Gasteiger partial charge in [-0.1, -0.05) is 11.9 Å². The van der Waals surface area contributed by atoms with Gasteiger partial charge in [-0.25, -0.2) is 4.31 Å². The summed E-state index contributed by atoms with van der Waals surface area (Å²) in [6, 6.07) is 0. The second-order valence-corrected chi connectivity index (χ2v) is 6.69. The second kappa shape index (κ2) is 4.44. The minimum Gasteiger partial charge on any atom is -0.390 e. The fourth-order valence-corrected chi connectivity index (χ4v) is 3.16. The molecule has 1 aliphatic heterocycles. The maximum Gasteiger partial charge on any atom is 0.225 e. The molecule has 5 heteroatoms. The van der Waals surface area contributed by atoms with Crippen molar-refractivity contribution in [2.24, 2.45) is 0 Å². The van der Waals surface area contributed by atoms with Gasteiger partial charge < -0.3 is 10.0 Å². The molecule has 1 spiro atoms. The third-order valence-electron chi connectivity index (χ3n) is 3.59. The Morgan fingerprint density at radius 3 is 2.53 bits per heavy atom. The summed E-state index contributed by atoms with van der Waals surface area (Å²) in [5.74, 6) is 0.107. The van der Waals surface area contributed by atoms with E-state index in [1.54, 1.807) is 25.8 Å². The number of carbonyl (C=O) groups is 1. The fraction of sp³-hybridized carbons (Fsp3) is 0.917. The molecule has 0 atom stereocenters. The number of aliphatic hydroxyl groups is 1. The average molecular weight is 258 g/mol. The normalized spacial score (nSPS) is 24.1. The standard InChI is InChI=1S/C12H22N2O2S/c1-11(2,16)8-10(15)14-7-6-13(17-3)9-12(14)4-5-12/h16H,4-9H2,1-3H3. The Bertz CT molecular complexity index is 310. The highest BCUT2D eigenvalue weighted by Gasteiger charge is 2.53. The molecule has 1 saturated carbocycles. The molecule has 2 aliphatic rings. The molecule has 98 valence electrons. The molecular formula is C12H22N2O2S. The van der Waals surface area contributed by atoms with Crippen LogP contribution in [0.15, 0.2) is 0 Å².